The van der Waals surface area contributed by atoms with Crippen LogP contribution in [0.5, 0.6) is 17.2 Å². The molecule has 0 aliphatic carbocycles. The largest absolute Gasteiger partial charge is 0.508 e. The highest BCUT2D eigenvalue weighted by Crippen LogP contribution is 2.32. The molecule has 0 bridgehead atoms. The average Bonchev–Trinajstić information content (AvgIpc) is 3.16. The van der Waals surface area contributed by atoms with Gasteiger partial charge in [-0.1, -0.05) is 6.92 Å². The number of phenols is 1. The highest BCUT2D eigenvalue weighted by molar-refractivity contribution is 5.68. The zero-order valence-electron chi connectivity index (χ0n) is 15.8. The molecule has 0 saturated heterocycles. The van der Waals surface area contributed by atoms with Gasteiger partial charge in [0.1, 0.15) is 5.75 Å². The van der Waals surface area contributed by atoms with Crippen molar-refractivity contribution in [3.63, 3.8) is 0 Å². The molecule has 0 unspecified atom stereocenters. The van der Waals surface area contributed by atoms with Crippen LogP contribution in [0.15, 0.2) is 61.1 Å². The van der Waals surface area contributed by atoms with Crippen LogP contribution in [0.2, 0.25) is 0 Å². The number of benzene rings is 2. The van der Waals surface area contributed by atoms with Crippen LogP contribution in [0.25, 0.3) is 28.2 Å². The molecule has 0 atom stereocenters. The third-order valence-corrected chi connectivity index (χ3v) is 4.48. The van der Waals surface area contributed by atoms with Gasteiger partial charge in [0.2, 0.25) is 0 Å². The van der Waals surface area contributed by atoms with Gasteiger partial charge < -0.3 is 14.6 Å². The Morgan fingerprint density at radius 1 is 0.964 bits per heavy atom. The molecular weight excluding hydrogens is 354 g/mol. The van der Waals surface area contributed by atoms with E-state index in [9.17, 15) is 5.11 Å². The van der Waals surface area contributed by atoms with Crippen molar-refractivity contribution in [1.82, 2.24) is 14.4 Å². The summed E-state index contributed by atoms with van der Waals surface area (Å²) in [6.45, 7) is 2.69. The van der Waals surface area contributed by atoms with Crippen molar-refractivity contribution >= 4 is 5.65 Å². The van der Waals surface area contributed by atoms with Crippen LogP contribution >= 0.6 is 0 Å². The van der Waals surface area contributed by atoms with E-state index in [0.29, 0.717) is 18.1 Å². The van der Waals surface area contributed by atoms with Crippen molar-refractivity contribution in [2.75, 3.05) is 13.7 Å². The fraction of sp³-hybridized carbons (Fsp3) is 0.182. The number of aromatic hydroxyl groups is 1. The summed E-state index contributed by atoms with van der Waals surface area (Å²) in [5.41, 5.74) is 4.37. The minimum atomic E-state index is 0.234. The molecule has 2 aromatic carbocycles. The fourth-order valence-corrected chi connectivity index (χ4v) is 3.04. The van der Waals surface area contributed by atoms with Crippen molar-refractivity contribution in [3.05, 3.63) is 61.1 Å². The van der Waals surface area contributed by atoms with Crippen LogP contribution in [0.3, 0.4) is 0 Å². The highest BCUT2D eigenvalue weighted by Gasteiger charge is 2.11. The summed E-state index contributed by atoms with van der Waals surface area (Å²) in [5.74, 6) is 1.64. The van der Waals surface area contributed by atoms with E-state index < -0.39 is 0 Å². The summed E-state index contributed by atoms with van der Waals surface area (Å²) >= 11 is 0. The summed E-state index contributed by atoms with van der Waals surface area (Å²) in [4.78, 5) is 8.99. The molecule has 2 heterocycles. The zero-order valence-corrected chi connectivity index (χ0v) is 15.8. The third-order valence-electron chi connectivity index (χ3n) is 4.48. The lowest BCUT2D eigenvalue weighted by Gasteiger charge is -2.12. The summed E-state index contributed by atoms with van der Waals surface area (Å²) in [5, 5.41) is 9.54. The van der Waals surface area contributed by atoms with Gasteiger partial charge in [0.25, 0.3) is 0 Å². The minimum absolute atomic E-state index is 0.234. The molecule has 4 rings (SSSR count). The number of fused-ring (bicyclic) bond motifs is 1. The molecule has 2 aromatic heterocycles. The molecule has 4 aromatic rings. The SMILES string of the molecule is CCCOc1cc(-c2cn3c(-c4ccc(O)cc4)cnc3cn2)ccc1OC. The molecule has 142 valence electrons. The van der Waals surface area contributed by atoms with E-state index in [4.69, 9.17) is 9.47 Å². The molecule has 0 aliphatic heterocycles. The quantitative estimate of drug-likeness (QED) is 0.535. The van der Waals surface area contributed by atoms with E-state index >= 15 is 0 Å². The van der Waals surface area contributed by atoms with E-state index in [1.165, 1.54) is 0 Å². The van der Waals surface area contributed by atoms with Crippen LogP contribution in [-0.4, -0.2) is 33.2 Å². The number of nitrogens with zero attached hydrogens (tertiary/aromatic N) is 3. The third kappa shape index (κ3) is 3.36. The second kappa shape index (κ2) is 7.60. The van der Waals surface area contributed by atoms with E-state index in [0.717, 1.165) is 34.6 Å². The lowest BCUT2D eigenvalue weighted by molar-refractivity contribution is 0.294. The number of aromatic nitrogens is 3. The van der Waals surface area contributed by atoms with Gasteiger partial charge in [0, 0.05) is 17.3 Å². The van der Waals surface area contributed by atoms with E-state index in [-0.39, 0.29) is 5.75 Å². The lowest BCUT2D eigenvalue weighted by atomic mass is 10.1. The molecular formula is C22H21N3O3. The lowest BCUT2D eigenvalue weighted by Crippen LogP contribution is -1.99. The Balaban J connectivity index is 1.77. The number of rotatable bonds is 6. The number of methoxy groups -OCH3 is 1. The van der Waals surface area contributed by atoms with Crippen molar-refractivity contribution in [2.45, 2.75) is 13.3 Å². The predicted octanol–water partition coefficient (Wildman–Crippen LogP) is 4.57. The Hall–Kier alpha value is -3.54. The van der Waals surface area contributed by atoms with Gasteiger partial charge in [-0.25, -0.2) is 4.98 Å². The first-order valence-electron chi connectivity index (χ1n) is 9.13. The summed E-state index contributed by atoms with van der Waals surface area (Å²) < 4.78 is 13.2. The van der Waals surface area contributed by atoms with Crippen LogP contribution in [0, 0.1) is 0 Å². The van der Waals surface area contributed by atoms with Gasteiger partial charge in [-0.15, -0.1) is 0 Å². The van der Waals surface area contributed by atoms with Gasteiger partial charge in [-0.2, -0.15) is 0 Å². The Bertz CT molecular complexity index is 1100. The number of ether oxygens (including phenoxy) is 2. The predicted molar refractivity (Wildman–Crippen MR) is 108 cm³/mol. The standard InChI is InChI=1S/C22H21N3O3/c1-3-10-28-21-11-16(6-9-20(21)27-2)18-14-25-19(12-24-22(25)13-23-18)15-4-7-17(26)8-5-15/h4-9,11-14,26H,3,10H2,1-2H3. The Kier molecular flexibility index (Phi) is 4.85. The minimum Gasteiger partial charge on any atom is -0.508 e. The van der Waals surface area contributed by atoms with Gasteiger partial charge in [-0.3, -0.25) is 9.38 Å². The summed E-state index contributed by atoms with van der Waals surface area (Å²) in [7, 11) is 1.63. The fourth-order valence-electron chi connectivity index (χ4n) is 3.04. The normalized spacial score (nSPS) is 10.9. The monoisotopic (exact) mass is 375 g/mol. The van der Waals surface area contributed by atoms with Gasteiger partial charge in [0.15, 0.2) is 17.1 Å². The zero-order chi connectivity index (χ0) is 19.5. The van der Waals surface area contributed by atoms with Crippen molar-refractivity contribution in [1.29, 1.82) is 0 Å². The van der Waals surface area contributed by atoms with Crippen molar-refractivity contribution < 1.29 is 14.6 Å². The smallest absolute Gasteiger partial charge is 0.161 e. The topological polar surface area (TPSA) is 68.9 Å². The number of hydrogen-bond acceptors (Lipinski definition) is 5. The number of hydrogen-bond donors (Lipinski definition) is 1. The van der Waals surface area contributed by atoms with Crippen molar-refractivity contribution in [2.24, 2.45) is 0 Å². The maximum atomic E-state index is 9.54. The van der Waals surface area contributed by atoms with Gasteiger partial charge in [-0.05, 0) is 48.9 Å². The molecule has 0 saturated carbocycles. The van der Waals surface area contributed by atoms with E-state index in [2.05, 4.69) is 16.9 Å². The molecule has 0 fully saturated rings. The van der Waals surface area contributed by atoms with Gasteiger partial charge >= 0.3 is 0 Å². The highest BCUT2D eigenvalue weighted by atomic mass is 16.5. The van der Waals surface area contributed by atoms with Gasteiger partial charge in [0.05, 0.1) is 37.5 Å². The molecule has 6 heteroatoms. The molecule has 0 aliphatic rings. The van der Waals surface area contributed by atoms with Crippen LogP contribution in [0.1, 0.15) is 13.3 Å². The molecule has 28 heavy (non-hydrogen) atoms. The van der Waals surface area contributed by atoms with Crippen LogP contribution < -0.4 is 9.47 Å². The molecule has 0 amide bonds. The molecule has 6 nitrogen and oxygen atoms in total. The molecule has 1 N–H and O–H groups in total. The van der Waals surface area contributed by atoms with E-state index in [1.807, 2.05) is 40.9 Å². The Labute approximate surface area is 163 Å². The maximum Gasteiger partial charge on any atom is 0.161 e. The second-order valence-corrected chi connectivity index (χ2v) is 6.41. The summed E-state index contributed by atoms with van der Waals surface area (Å²) in [6, 6.07) is 12.9. The average molecular weight is 375 g/mol. The van der Waals surface area contributed by atoms with Crippen LogP contribution in [-0.2, 0) is 0 Å². The van der Waals surface area contributed by atoms with Crippen LogP contribution in [0.4, 0.5) is 0 Å². The first-order chi connectivity index (χ1) is 13.7. The maximum absolute atomic E-state index is 9.54. The Morgan fingerprint density at radius 3 is 2.50 bits per heavy atom. The van der Waals surface area contributed by atoms with E-state index in [1.54, 1.807) is 31.6 Å². The molecule has 0 spiro atoms. The second-order valence-electron chi connectivity index (χ2n) is 6.41. The first kappa shape index (κ1) is 17.9. The van der Waals surface area contributed by atoms with Crippen molar-refractivity contribution in [3.8, 4) is 39.8 Å². The first-order valence-corrected chi connectivity index (χ1v) is 9.13. The molecule has 0 radical (unpaired) electrons. The number of imidazole rings is 1. The number of phenolic OH excluding ortho intramolecular Hbond substituents is 1. The Morgan fingerprint density at radius 2 is 1.75 bits per heavy atom. The summed E-state index contributed by atoms with van der Waals surface area (Å²) in [6.07, 6.45) is 6.42.